The van der Waals surface area contributed by atoms with Crippen LogP contribution in [0.25, 0.3) is 0 Å². The molecule has 0 saturated carbocycles. The molecule has 3 nitrogen and oxygen atoms in total. The van der Waals surface area contributed by atoms with Gasteiger partial charge in [0.1, 0.15) is 0 Å². The first-order valence-electron chi connectivity index (χ1n) is 5.35. The SMILES string of the molecule is CC(N)C1=NCC(OCCC(F)(F)F)CC1. The Morgan fingerprint density at radius 3 is 2.69 bits per heavy atom. The zero-order chi connectivity index (χ0) is 12.2. The fourth-order valence-corrected chi connectivity index (χ4v) is 1.55. The van der Waals surface area contributed by atoms with E-state index in [1.807, 2.05) is 6.92 Å². The molecule has 1 rings (SSSR count). The topological polar surface area (TPSA) is 47.6 Å². The molecular weight excluding hydrogens is 221 g/mol. The summed E-state index contributed by atoms with van der Waals surface area (Å²) in [5.41, 5.74) is 6.58. The van der Waals surface area contributed by atoms with Crippen LogP contribution in [0.5, 0.6) is 0 Å². The van der Waals surface area contributed by atoms with E-state index in [2.05, 4.69) is 4.99 Å². The molecule has 2 atom stereocenters. The maximum Gasteiger partial charge on any atom is 0.391 e. The number of nitrogens with two attached hydrogens (primary N) is 1. The largest absolute Gasteiger partial charge is 0.391 e. The third kappa shape index (κ3) is 4.94. The van der Waals surface area contributed by atoms with Crippen LogP contribution in [0.15, 0.2) is 4.99 Å². The highest BCUT2D eigenvalue weighted by molar-refractivity contribution is 5.89. The fourth-order valence-electron chi connectivity index (χ4n) is 1.55. The van der Waals surface area contributed by atoms with Crippen LogP contribution in [0.3, 0.4) is 0 Å². The highest BCUT2D eigenvalue weighted by atomic mass is 19.4. The second kappa shape index (κ2) is 5.63. The summed E-state index contributed by atoms with van der Waals surface area (Å²) in [6.45, 7) is 2.00. The fraction of sp³-hybridized carbons (Fsp3) is 0.900. The van der Waals surface area contributed by atoms with Crippen molar-refractivity contribution in [2.45, 2.75) is 44.5 Å². The van der Waals surface area contributed by atoms with Gasteiger partial charge in [-0.05, 0) is 19.8 Å². The number of halogens is 3. The van der Waals surface area contributed by atoms with E-state index >= 15 is 0 Å². The van der Waals surface area contributed by atoms with Crippen molar-refractivity contribution in [3.8, 4) is 0 Å². The standard InChI is InChI=1S/C10H17F3N2O/c1-7(14)9-3-2-8(6-15-9)16-5-4-10(11,12)13/h7-8H,2-6,14H2,1H3. The first-order valence-corrected chi connectivity index (χ1v) is 5.35. The lowest BCUT2D eigenvalue weighted by Gasteiger charge is -2.23. The zero-order valence-electron chi connectivity index (χ0n) is 9.26. The summed E-state index contributed by atoms with van der Waals surface area (Å²) in [6.07, 6.45) is -3.81. The Labute approximate surface area is 92.9 Å². The highest BCUT2D eigenvalue weighted by Gasteiger charge is 2.27. The smallest absolute Gasteiger partial charge is 0.376 e. The number of aliphatic imine (C=N–C) groups is 1. The molecule has 1 heterocycles. The van der Waals surface area contributed by atoms with Crippen molar-refractivity contribution in [2.24, 2.45) is 10.7 Å². The number of ether oxygens (including phenoxy) is 1. The van der Waals surface area contributed by atoms with Crippen molar-refractivity contribution in [3.05, 3.63) is 0 Å². The van der Waals surface area contributed by atoms with Crippen molar-refractivity contribution >= 4 is 5.71 Å². The van der Waals surface area contributed by atoms with Crippen LogP contribution in [-0.4, -0.2) is 37.2 Å². The molecule has 0 aromatic rings. The van der Waals surface area contributed by atoms with Crippen molar-refractivity contribution in [3.63, 3.8) is 0 Å². The van der Waals surface area contributed by atoms with E-state index < -0.39 is 12.6 Å². The van der Waals surface area contributed by atoms with E-state index in [4.69, 9.17) is 10.5 Å². The van der Waals surface area contributed by atoms with Crippen LogP contribution in [0.2, 0.25) is 0 Å². The Morgan fingerprint density at radius 1 is 1.56 bits per heavy atom. The Kier molecular flexibility index (Phi) is 4.73. The van der Waals surface area contributed by atoms with Crippen LogP contribution in [0.4, 0.5) is 13.2 Å². The summed E-state index contributed by atoms with van der Waals surface area (Å²) < 4.78 is 40.7. The number of rotatable bonds is 4. The van der Waals surface area contributed by atoms with Crippen LogP contribution >= 0.6 is 0 Å². The lowest BCUT2D eigenvalue weighted by molar-refractivity contribution is -0.148. The molecule has 0 fully saturated rings. The average Bonchev–Trinajstić information content (AvgIpc) is 2.16. The van der Waals surface area contributed by atoms with Gasteiger partial charge in [-0.15, -0.1) is 0 Å². The lowest BCUT2D eigenvalue weighted by Crippen LogP contribution is -2.33. The Morgan fingerprint density at radius 2 is 2.25 bits per heavy atom. The molecule has 0 aliphatic carbocycles. The second-order valence-corrected chi connectivity index (χ2v) is 4.02. The molecule has 1 aliphatic rings. The molecule has 0 spiro atoms. The van der Waals surface area contributed by atoms with Gasteiger partial charge in [0.05, 0.1) is 25.7 Å². The monoisotopic (exact) mass is 238 g/mol. The zero-order valence-corrected chi connectivity index (χ0v) is 9.26. The summed E-state index contributed by atoms with van der Waals surface area (Å²) >= 11 is 0. The predicted molar refractivity (Wildman–Crippen MR) is 55.6 cm³/mol. The van der Waals surface area contributed by atoms with Crippen molar-refractivity contribution in [1.29, 1.82) is 0 Å². The van der Waals surface area contributed by atoms with Crippen LogP contribution < -0.4 is 5.73 Å². The van der Waals surface area contributed by atoms with E-state index in [1.54, 1.807) is 0 Å². The predicted octanol–water partition coefficient (Wildman–Crippen LogP) is 1.91. The molecular formula is C10H17F3N2O. The van der Waals surface area contributed by atoms with Gasteiger partial charge in [0.15, 0.2) is 0 Å². The highest BCUT2D eigenvalue weighted by Crippen LogP contribution is 2.20. The van der Waals surface area contributed by atoms with E-state index in [1.165, 1.54) is 0 Å². The first-order chi connectivity index (χ1) is 7.38. The van der Waals surface area contributed by atoms with Gasteiger partial charge in [-0.3, -0.25) is 4.99 Å². The minimum atomic E-state index is -4.14. The Hall–Kier alpha value is -0.620. The molecule has 0 aromatic carbocycles. The van der Waals surface area contributed by atoms with Crippen molar-refractivity contribution < 1.29 is 17.9 Å². The Balaban J connectivity index is 2.22. The molecule has 0 amide bonds. The first kappa shape index (κ1) is 13.4. The molecule has 94 valence electrons. The van der Waals surface area contributed by atoms with Gasteiger partial charge in [-0.2, -0.15) is 13.2 Å². The Bertz CT molecular complexity index is 251. The van der Waals surface area contributed by atoms with Gasteiger partial charge in [-0.25, -0.2) is 0 Å². The van der Waals surface area contributed by atoms with Gasteiger partial charge < -0.3 is 10.5 Å². The van der Waals surface area contributed by atoms with Crippen LogP contribution in [-0.2, 0) is 4.74 Å². The molecule has 6 heteroatoms. The molecule has 0 aromatic heterocycles. The molecule has 1 aliphatic heterocycles. The van der Waals surface area contributed by atoms with E-state index in [9.17, 15) is 13.2 Å². The van der Waals surface area contributed by atoms with Crippen LogP contribution in [0, 0.1) is 0 Å². The third-order valence-corrected chi connectivity index (χ3v) is 2.49. The summed E-state index contributed by atoms with van der Waals surface area (Å²) in [5.74, 6) is 0. The van der Waals surface area contributed by atoms with E-state index in [0.717, 1.165) is 5.71 Å². The van der Waals surface area contributed by atoms with Crippen LogP contribution in [0.1, 0.15) is 26.2 Å². The molecule has 16 heavy (non-hydrogen) atoms. The van der Waals surface area contributed by atoms with Gasteiger partial charge in [0.2, 0.25) is 0 Å². The number of hydrogen-bond donors (Lipinski definition) is 1. The molecule has 0 radical (unpaired) electrons. The van der Waals surface area contributed by atoms with Gasteiger partial charge in [0, 0.05) is 11.8 Å². The number of alkyl halides is 3. The average molecular weight is 238 g/mol. The third-order valence-electron chi connectivity index (χ3n) is 2.49. The molecule has 2 unspecified atom stereocenters. The minimum Gasteiger partial charge on any atom is -0.376 e. The summed E-state index contributed by atoms with van der Waals surface area (Å²) in [5, 5.41) is 0. The van der Waals surface area contributed by atoms with Gasteiger partial charge >= 0.3 is 6.18 Å². The second-order valence-electron chi connectivity index (χ2n) is 4.02. The van der Waals surface area contributed by atoms with E-state index in [-0.39, 0.29) is 18.8 Å². The molecule has 2 N–H and O–H groups in total. The van der Waals surface area contributed by atoms with Gasteiger partial charge in [-0.1, -0.05) is 0 Å². The number of hydrogen-bond acceptors (Lipinski definition) is 3. The maximum atomic E-state index is 11.9. The quantitative estimate of drug-likeness (QED) is 0.813. The lowest BCUT2D eigenvalue weighted by atomic mass is 10.0. The summed E-state index contributed by atoms with van der Waals surface area (Å²) in [7, 11) is 0. The van der Waals surface area contributed by atoms with Gasteiger partial charge in [0.25, 0.3) is 0 Å². The maximum absolute atomic E-state index is 11.9. The number of nitrogens with zero attached hydrogens (tertiary/aromatic N) is 1. The van der Waals surface area contributed by atoms with Crippen molar-refractivity contribution in [2.75, 3.05) is 13.2 Å². The molecule has 0 bridgehead atoms. The van der Waals surface area contributed by atoms with E-state index in [0.29, 0.717) is 19.4 Å². The summed E-state index contributed by atoms with van der Waals surface area (Å²) in [6, 6.07) is -0.0730. The summed E-state index contributed by atoms with van der Waals surface area (Å²) in [4.78, 5) is 4.21. The molecule has 0 saturated heterocycles. The van der Waals surface area contributed by atoms with Crippen molar-refractivity contribution in [1.82, 2.24) is 0 Å². The normalized spacial score (nSPS) is 24.1. The minimum absolute atomic E-state index is 0.0730.